The lowest BCUT2D eigenvalue weighted by Gasteiger charge is -2.23. The summed E-state index contributed by atoms with van der Waals surface area (Å²) in [5.74, 6) is 0.860. The van der Waals surface area contributed by atoms with Crippen molar-refractivity contribution in [3.63, 3.8) is 0 Å². The Balaban J connectivity index is 2.94. The quantitative estimate of drug-likeness (QED) is 0.613. The van der Waals surface area contributed by atoms with Crippen molar-refractivity contribution in [2.75, 3.05) is 23.7 Å². The third-order valence-corrected chi connectivity index (χ3v) is 2.88. The summed E-state index contributed by atoms with van der Waals surface area (Å²) in [6, 6.07) is 0. The van der Waals surface area contributed by atoms with Gasteiger partial charge in [-0.2, -0.15) is 4.98 Å². The van der Waals surface area contributed by atoms with Crippen LogP contribution in [-0.2, 0) is 0 Å². The molecule has 0 saturated heterocycles. The van der Waals surface area contributed by atoms with Crippen LogP contribution >= 0.6 is 0 Å². The van der Waals surface area contributed by atoms with Crippen molar-refractivity contribution in [3.8, 4) is 0 Å². The summed E-state index contributed by atoms with van der Waals surface area (Å²) in [6.07, 6.45) is 2.22. The Morgan fingerprint density at radius 3 is 2.67 bits per heavy atom. The molecule has 7 nitrogen and oxygen atoms in total. The third kappa shape index (κ3) is 3.28. The Morgan fingerprint density at radius 2 is 2.22 bits per heavy atom. The Hall–Kier alpha value is -1.92. The molecule has 1 rings (SSSR count). The molecule has 0 saturated carbocycles. The second-order valence-corrected chi connectivity index (χ2v) is 4.25. The highest BCUT2D eigenvalue weighted by molar-refractivity contribution is 5.53. The van der Waals surface area contributed by atoms with Gasteiger partial charge in [-0.25, -0.2) is 4.98 Å². The number of hydrogen-bond donors (Lipinski definition) is 1. The summed E-state index contributed by atoms with van der Waals surface area (Å²) in [4.78, 5) is 20.0. The molecule has 0 fully saturated rings. The van der Waals surface area contributed by atoms with Gasteiger partial charge in [-0.15, -0.1) is 0 Å². The lowest BCUT2D eigenvalue weighted by atomic mass is 10.1. The molecule has 0 aliphatic carbocycles. The fraction of sp³-hybridized carbons (Fsp3) is 0.636. The van der Waals surface area contributed by atoms with Crippen molar-refractivity contribution in [1.29, 1.82) is 0 Å². The van der Waals surface area contributed by atoms with E-state index in [0.717, 1.165) is 25.7 Å². The van der Waals surface area contributed by atoms with E-state index >= 15 is 0 Å². The van der Waals surface area contributed by atoms with Crippen LogP contribution in [0.4, 0.5) is 17.5 Å². The fourth-order valence-electron chi connectivity index (χ4n) is 1.53. The molecule has 0 amide bonds. The zero-order valence-electron chi connectivity index (χ0n) is 11.0. The zero-order valence-corrected chi connectivity index (χ0v) is 11.0. The number of rotatable bonds is 6. The van der Waals surface area contributed by atoms with Crippen molar-refractivity contribution in [3.05, 3.63) is 16.3 Å². The third-order valence-electron chi connectivity index (χ3n) is 2.88. The Bertz CT molecular complexity index is 424. The molecule has 100 valence electrons. The first kappa shape index (κ1) is 14.1. The molecule has 0 spiro atoms. The lowest BCUT2D eigenvalue weighted by Crippen LogP contribution is -2.30. The van der Waals surface area contributed by atoms with Crippen LogP contribution in [0.15, 0.2) is 6.20 Å². The van der Waals surface area contributed by atoms with Gasteiger partial charge in [0.1, 0.15) is 6.20 Å². The van der Waals surface area contributed by atoms with E-state index in [2.05, 4.69) is 23.8 Å². The Morgan fingerprint density at radius 1 is 1.56 bits per heavy atom. The average Bonchev–Trinajstić information content (AvgIpc) is 2.34. The fourth-order valence-corrected chi connectivity index (χ4v) is 1.53. The van der Waals surface area contributed by atoms with Crippen molar-refractivity contribution in [2.24, 2.45) is 5.92 Å². The minimum absolute atomic E-state index is 0.0902. The summed E-state index contributed by atoms with van der Waals surface area (Å²) >= 11 is 0. The zero-order chi connectivity index (χ0) is 13.7. The van der Waals surface area contributed by atoms with Crippen LogP contribution in [-0.4, -0.2) is 28.0 Å². The molecular weight excluding hydrogens is 234 g/mol. The maximum absolute atomic E-state index is 10.6. The van der Waals surface area contributed by atoms with Crippen molar-refractivity contribution in [2.45, 2.75) is 27.2 Å². The van der Waals surface area contributed by atoms with E-state index in [1.54, 1.807) is 0 Å². The van der Waals surface area contributed by atoms with E-state index in [-0.39, 0.29) is 11.5 Å². The predicted octanol–water partition coefficient (Wildman–Crippen LogP) is 1.84. The Labute approximate surface area is 106 Å². The molecule has 0 aromatic carbocycles. The summed E-state index contributed by atoms with van der Waals surface area (Å²) in [6.45, 7) is 7.79. The van der Waals surface area contributed by atoms with Crippen LogP contribution in [0.25, 0.3) is 0 Å². The van der Waals surface area contributed by atoms with E-state index in [9.17, 15) is 10.1 Å². The van der Waals surface area contributed by atoms with E-state index in [0.29, 0.717) is 11.9 Å². The lowest BCUT2D eigenvalue weighted by molar-refractivity contribution is -0.384. The van der Waals surface area contributed by atoms with Gasteiger partial charge in [0.25, 0.3) is 0 Å². The molecule has 1 aromatic heterocycles. The van der Waals surface area contributed by atoms with Gasteiger partial charge in [-0.1, -0.05) is 20.3 Å². The van der Waals surface area contributed by atoms with Crippen LogP contribution in [0.5, 0.6) is 0 Å². The first-order chi connectivity index (χ1) is 8.49. The number of nitro groups is 1. The monoisotopic (exact) mass is 253 g/mol. The van der Waals surface area contributed by atoms with Crippen molar-refractivity contribution < 1.29 is 4.92 Å². The maximum atomic E-state index is 10.6. The van der Waals surface area contributed by atoms with Crippen LogP contribution < -0.4 is 10.6 Å². The molecule has 0 bridgehead atoms. The van der Waals surface area contributed by atoms with Gasteiger partial charge in [0, 0.05) is 13.1 Å². The molecular formula is C11H19N5O2. The summed E-state index contributed by atoms with van der Waals surface area (Å²) < 4.78 is 0. The summed E-state index contributed by atoms with van der Waals surface area (Å²) in [5.41, 5.74) is 5.31. The highest BCUT2D eigenvalue weighted by atomic mass is 16.6. The average molecular weight is 253 g/mol. The first-order valence-corrected chi connectivity index (χ1v) is 6.01. The second kappa shape index (κ2) is 6.13. The summed E-state index contributed by atoms with van der Waals surface area (Å²) in [5, 5.41) is 10.6. The predicted molar refractivity (Wildman–Crippen MR) is 70.4 cm³/mol. The number of hydrogen-bond acceptors (Lipinski definition) is 6. The molecule has 1 heterocycles. The topological polar surface area (TPSA) is 98.2 Å². The highest BCUT2D eigenvalue weighted by Crippen LogP contribution is 2.20. The van der Waals surface area contributed by atoms with Gasteiger partial charge in [0.2, 0.25) is 11.8 Å². The highest BCUT2D eigenvalue weighted by Gasteiger charge is 2.17. The van der Waals surface area contributed by atoms with Crippen LogP contribution in [0.2, 0.25) is 0 Å². The van der Waals surface area contributed by atoms with Gasteiger partial charge < -0.3 is 10.6 Å². The van der Waals surface area contributed by atoms with Gasteiger partial charge in [0.15, 0.2) is 0 Å². The maximum Gasteiger partial charge on any atom is 0.329 e. The van der Waals surface area contributed by atoms with E-state index < -0.39 is 4.92 Å². The van der Waals surface area contributed by atoms with Crippen molar-refractivity contribution >= 4 is 17.5 Å². The number of nitrogens with two attached hydrogens (primary N) is 1. The van der Waals surface area contributed by atoms with Gasteiger partial charge in [-0.05, 0) is 12.8 Å². The van der Waals surface area contributed by atoms with Crippen molar-refractivity contribution in [1.82, 2.24) is 9.97 Å². The largest absolute Gasteiger partial charge is 0.378 e. The molecule has 0 aliphatic rings. The van der Waals surface area contributed by atoms with E-state index in [4.69, 9.17) is 5.73 Å². The number of aromatic nitrogens is 2. The molecule has 1 aromatic rings. The SMILES string of the molecule is CCC(C)CN(CC)c1ncc([N+](=O)[O-])c(N)n1. The van der Waals surface area contributed by atoms with Crippen LogP contribution in [0.1, 0.15) is 27.2 Å². The van der Waals surface area contributed by atoms with Crippen LogP contribution in [0.3, 0.4) is 0 Å². The normalized spacial score (nSPS) is 12.2. The van der Waals surface area contributed by atoms with Gasteiger partial charge in [-0.3, -0.25) is 10.1 Å². The number of anilines is 2. The van der Waals surface area contributed by atoms with Crippen LogP contribution in [0, 0.1) is 16.0 Å². The molecule has 0 radical (unpaired) electrons. The molecule has 2 N–H and O–H groups in total. The van der Waals surface area contributed by atoms with E-state index in [1.165, 1.54) is 0 Å². The van der Waals surface area contributed by atoms with Gasteiger partial charge >= 0.3 is 5.69 Å². The number of nitrogens with zero attached hydrogens (tertiary/aromatic N) is 4. The molecule has 0 aliphatic heterocycles. The standard InChI is InChI=1S/C11H19N5O2/c1-4-8(3)7-15(5-2)11-13-6-9(16(17)18)10(12)14-11/h6,8H,4-5,7H2,1-3H3,(H2,12,13,14). The minimum Gasteiger partial charge on any atom is -0.378 e. The second-order valence-electron chi connectivity index (χ2n) is 4.25. The Kier molecular flexibility index (Phi) is 4.82. The van der Waals surface area contributed by atoms with Gasteiger partial charge in [0.05, 0.1) is 4.92 Å². The summed E-state index contributed by atoms with van der Waals surface area (Å²) in [7, 11) is 0. The minimum atomic E-state index is -0.579. The number of nitrogen functional groups attached to an aromatic ring is 1. The molecule has 1 atom stereocenters. The smallest absolute Gasteiger partial charge is 0.329 e. The molecule has 7 heteroatoms. The molecule has 1 unspecified atom stereocenters. The molecule has 18 heavy (non-hydrogen) atoms. The van der Waals surface area contributed by atoms with E-state index in [1.807, 2.05) is 11.8 Å². The first-order valence-electron chi connectivity index (χ1n) is 6.01.